The summed E-state index contributed by atoms with van der Waals surface area (Å²) in [5, 5.41) is 9.18. The Hall–Kier alpha value is -2.37. The van der Waals surface area contributed by atoms with Crippen molar-refractivity contribution in [3.05, 3.63) is 44.5 Å². The van der Waals surface area contributed by atoms with Gasteiger partial charge in [-0.15, -0.1) is 0 Å². The number of benzene rings is 1. The molecule has 0 aliphatic heterocycles. The fourth-order valence-corrected chi connectivity index (χ4v) is 2.75. The lowest BCUT2D eigenvalue weighted by molar-refractivity contribution is 0.0699. The van der Waals surface area contributed by atoms with Crippen LogP contribution in [0.4, 0.5) is 0 Å². The molecule has 1 aliphatic rings. The summed E-state index contributed by atoms with van der Waals surface area (Å²) < 4.78 is 1.45. The normalized spacial score (nSPS) is 21.1. The maximum absolute atomic E-state index is 12.1. The first-order valence-electron chi connectivity index (χ1n) is 6.55. The van der Waals surface area contributed by atoms with Gasteiger partial charge in [-0.2, -0.15) is 0 Å². The molecule has 2 N–H and O–H groups in total. The quantitative estimate of drug-likeness (QED) is 0.826. The van der Waals surface area contributed by atoms with Gasteiger partial charge in [-0.25, -0.2) is 4.79 Å². The smallest absolute Gasteiger partial charge is 0.337 e. The number of carboxylic acids is 1. The van der Waals surface area contributed by atoms with Crippen LogP contribution < -0.4 is 11.1 Å². The first-order valence-corrected chi connectivity index (χ1v) is 6.55. The lowest BCUT2D eigenvalue weighted by atomic mass is 10.1. The molecule has 1 heterocycles. The van der Waals surface area contributed by atoms with Crippen molar-refractivity contribution in [2.24, 2.45) is 5.92 Å². The largest absolute Gasteiger partial charge is 0.478 e. The summed E-state index contributed by atoms with van der Waals surface area (Å²) in [6.45, 7) is 2.04. The summed E-state index contributed by atoms with van der Waals surface area (Å²) in [4.78, 5) is 37.5. The first-order chi connectivity index (χ1) is 9.54. The van der Waals surface area contributed by atoms with Crippen molar-refractivity contribution in [2.45, 2.75) is 25.8 Å². The molecule has 6 heteroatoms. The van der Waals surface area contributed by atoms with E-state index in [-0.39, 0.29) is 17.1 Å². The van der Waals surface area contributed by atoms with Crippen LogP contribution in [0.5, 0.6) is 0 Å². The second-order valence-corrected chi connectivity index (χ2v) is 5.11. The van der Waals surface area contributed by atoms with Gasteiger partial charge in [0.2, 0.25) is 0 Å². The summed E-state index contributed by atoms with van der Waals surface area (Å²) in [5.41, 5.74) is -0.683. The van der Waals surface area contributed by atoms with Gasteiger partial charge >= 0.3 is 17.1 Å². The Balaban J connectivity index is 2.36. The van der Waals surface area contributed by atoms with Gasteiger partial charge in [0, 0.05) is 6.04 Å². The van der Waals surface area contributed by atoms with E-state index in [4.69, 9.17) is 0 Å². The highest BCUT2D eigenvalue weighted by Crippen LogP contribution is 2.45. The summed E-state index contributed by atoms with van der Waals surface area (Å²) in [6.07, 6.45) is 1.79. The molecule has 0 amide bonds. The topological polar surface area (TPSA) is 92.2 Å². The SMILES string of the molecule is CCC1CC1n1c(=O)c(=O)[nH]c2c(C(=O)O)cccc21. The van der Waals surface area contributed by atoms with Crippen LogP contribution in [0.1, 0.15) is 36.2 Å². The van der Waals surface area contributed by atoms with Crippen LogP contribution in [0, 0.1) is 5.92 Å². The second kappa shape index (κ2) is 4.33. The molecule has 2 aromatic rings. The van der Waals surface area contributed by atoms with Crippen molar-refractivity contribution < 1.29 is 9.90 Å². The minimum Gasteiger partial charge on any atom is -0.478 e. The predicted octanol–water partition coefficient (Wildman–Crippen LogP) is 1.36. The molecule has 2 unspecified atom stereocenters. The Morgan fingerprint density at radius 3 is 2.80 bits per heavy atom. The van der Waals surface area contributed by atoms with Gasteiger partial charge in [-0.1, -0.05) is 19.4 Å². The van der Waals surface area contributed by atoms with Crippen LogP contribution in [0.25, 0.3) is 11.0 Å². The summed E-state index contributed by atoms with van der Waals surface area (Å²) in [6, 6.07) is 4.68. The summed E-state index contributed by atoms with van der Waals surface area (Å²) in [5.74, 6) is -0.745. The van der Waals surface area contributed by atoms with E-state index in [1.54, 1.807) is 12.1 Å². The molecule has 1 saturated carbocycles. The zero-order valence-corrected chi connectivity index (χ0v) is 10.9. The van der Waals surface area contributed by atoms with Crippen molar-refractivity contribution in [1.29, 1.82) is 0 Å². The number of hydrogen-bond acceptors (Lipinski definition) is 3. The number of aromatic carboxylic acids is 1. The molecule has 104 valence electrons. The molecule has 0 saturated heterocycles. The van der Waals surface area contributed by atoms with Crippen LogP contribution in [0.2, 0.25) is 0 Å². The molecule has 3 rings (SSSR count). The minimum absolute atomic E-state index is 0.00125. The number of carboxylic acid groups (broad SMARTS) is 1. The first kappa shape index (κ1) is 12.7. The molecule has 0 bridgehead atoms. The number of rotatable bonds is 3. The van der Waals surface area contributed by atoms with E-state index < -0.39 is 17.1 Å². The Bertz CT molecular complexity index is 818. The van der Waals surface area contributed by atoms with Gasteiger partial charge in [-0.3, -0.25) is 14.2 Å². The Labute approximate surface area is 113 Å². The number of aromatic nitrogens is 2. The molecule has 2 atom stereocenters. The Morgan fingerprint density at radius 1 is 1.45 bits per heavy atom. The molecule has 1 aromatic carbocycles. The summed E-state index contributed by atoms with van der Waals surface area (Å²) in [7, 11) is 0. The van der Waals surface area contributed by atoms with Crippen LogP contribution in [-0.2, 0) is 0 Å². The predicted molar refractivity (Wildman–Crippen MR) is 73.2 cm³/mol. The Morgan fingerprint density at radius 2 is 2.20 bits per heavy atom. The molecule has 1 aliphatic carbocycles. The molecule has 6 nitrogen and oxygen atoms in total. The van der Waals surface area contributed by atoms with Gasteiger partial charge in [0.1, 0.15) is 0 Å². The van der Waals surface area contributed by atoms with Crippen LogP contribution >= 0.6 is 0 Å². The zero-order valence-electron chi connectivity index (χ0n) is 10.9. The number of hydrogen-bond donors (Lipinski definition) is 2. The fraction of sp³-hybridized carbons (Fsp3) is 0.357. The van der Waals surface area contributed by atoms with Crippen molar-refractivity contribution in [3.63, 3.8) is 0 Å². The van der Waals surface area contributed by atoms with Crippen LogP contribution in [0.3, 0.4) is 0 Å². The average molecular weight is 274 g/mol. The lowest BCUT2D eigenvalue weighted by Gasteiger charge is -2.10. The van der Waals surface area contributed by atoms with E-state index in [2.05, 4.69) is 4.98 Å². The molecule has 1 aromatic heterocycles. The van der Waals surface area contributed by atoms with E-state index in [0.717, 1.165) is 12.8 Å². The van der Waals surface area contributed by atoms with E-state index in [0.29, 0.717) is 11.4 Å². The van der Waals surface area contributed by atoms with Crippen molar-refractivity contribution >= 4 is 17.0 Å². The molecular formula is C14H14N2O4. The molecule has 0 radical (unpaired) electrons. The van der Waals surface area contributed by atoms with Gasteiger partial charge in [0.25, 0.3) is 0 Å². The number of carbonyl (C=O) groups is 1. The highest BCUT2D eigenvalue weighted by Gasteiger charge is 2.39. The fourth-order valence-electron chi connectivity index (χ4n) is 2.75. The highest BCUT2D eigenvalue weighted by molar-refractivity contribution is 6.00. The molecule has 20 heavy (non-hydrogen) atoms. The van der Waals surface area contributed by atoms with E-state index >= 15 is 0 Å². The average Bonchev–Trinajstić information content (AvgIpc) is 3.18. The van der Waals surface area contributed by atoms with Gasteiger partial charge in [0.05, 0.1) is 16.6 Å². The number of para-hydroxylation sites is 1. The third-order valence-corrected chi connectivity index (χ3v) is 3.93. The maximum Gasteiger partial charge on any atom is 0.337 e. The van der Waals surface area contributed by atoms with Crippen molar-refractivity contribution in [2.75, 3.05) is 0 Å². The number of nitrogens with zero attached hydrogens (tertiary/aromatic N) is 1. The van der Waals surface area contributed by atoms with Crippen molar-refractivity contribution in [3.8, 4) is 0 Å². The third kappa shape index (κ3) is 1.76. The summed E-state index contributed by atoms with van der Waals surface area (Å²) >= 11 is 0. The van der Waals surface area contributed by atoms with E-state index in [1.807, 2.05) is 6.92 Å². The number of H-pyrrole nitrogens is 1. The number of aromatic amines is 1. The minimum atomic E-state index is -1.13. The monoisotopic (exact) mass is 274 g/mol. The number of nitrogens with one attached hydrogen (secondary N) is 1. The van der Waals surface area contributed by atoms with Crippen molar-refractivity contribution in [1.82, 2.24) is 9.55 Å². The maximum atomic E-state index is 12.1. The standard InChI is InChI=1S/C14H14N2O4/c1-2-7-6-10(7)16-9-5-3-4-8(14(19)20)11(9)15-12(17)13(16)18/h3-5,7,10H,2,6H2,1H3,(H,15,17)(H,19,20). The highest BCUT2D eigenvalue weighted by atomic mass is 16.4. The second-order valence-electron chi connectivity index (χ2n) is 5.11. The molecule has 1 fully saturated rings. The van der Waals surface area contributed by atoms with Crippen LogP contribution in [-0.4, -0.2) is 20.6 Å². The third-order valence-electron chi connectivity index (χ3n) is 3.93. The van der Waals surface area contributed by atoms with E-state index in [9.17, 15) is 19.5 Å². The Kier molecular flexibility index (Phi) is 2.74. The van der Waals surface area contributed by atoms with E-state index in [1.165, 1.54) is 10.6 Å². The van der Waals surface area contributed by atoms with Gasteiger partial charge < -0.3 is 10.1 Å². The number of fused-ring (bicyclic) bond motifs is 1. The molecular weight excluding hydrogens is 260 g/mol. The molecule has 0 spiro atoms. The van der Waals surface area contributed by atoms with Gasteiger partial charge in [-0.05, 0) is 24.5 Å². The lowest BCUT2D eigenvalue weighted by Crippen LogP contribution is -2.36. The van der Waals surface area contributed by atoms with Crippen LogP contribution in [0.15, 0.2) is 27.8 Å². The van der Waals surface area contributed by atoms with Gasteiger partial charge in [0.15, 0.2) is 0 Å². The zero-order chi connectivity index (χ0) is 14.4.